The lowest BCUT2D eigenvalue weighted by molar-refractivity contribution is 0.627. The molecule has 20 heavy (non-hydrogen) atoms. The molecule has 0 radical (unpaired) electrons. The molecular formula is C15H17ClFN3. The first kappa shape index (κ1) is 14.7. The molecule has 0 unspecified atom stereocenters. The van der Waals surface area contributed by atoms with Crippen molar-refractivity contribution in [1.82, 2.24) is 9.97 Å². The van der Waals surface area contributed by atoms with Gasteiger partial charge < -0.3 is 4.90 Å². The molecule has 0 aliphatic rings. The number of anilines is 1. The van der Waals surface area contributed by atoms with E-state index < -0.39 is 0 Å². The van der Waals surface area contributed by atoms with Crippen LogP contribution in [-0.4, -0.2) is 17.0 Å². The highest BCUT2D eigenvalue weighted by atomic mass is 35.5. The maximum atomic E-state index is 12.9. The number of hydrogen-bond acceptors (Lipinski definition) is 3. The van der Waals surface area contributed by atoms with E-state index >= 15 is 0 Å². The highest BCUT2D eigenvalue weighted by molar-refractivity contribution is 6.30. The predicted molar refractivity (Wildman–Crippen MR) is 79.7 cm³/mol. The molecule has 0 saturated heterocycles. The van der Waals surface area contributed by atoms with Crippen LogP contribution in [0.5, 0.6) is 0 Å². The molecule has 1 aromatic carbocycles. The Hall–Kier alpha value is -1.68. The Balaban J connectivity index is 2.26. The third-order valence-electron chi connectivity index (χ3n) is 3.12. The lowest BCUT2D eigenvalue weighted by Gasteiger charge is -2.21. The summed E-state index contributed by atoms with van der Waals surface area (Å²) < 4.78 is 12.9. The van der Waals surface area contributed by atoms with Crippen LogP contribution in [0.3, 0.4) is 0 Å². The minimum absolute atomic E-state index is 0.231. The van der Waals surface area contributed by atoms with Crippen molar-refractivity contribution < 1.29 is 4.39 Å². The van der Waals surface area contributed by atoms with Gasteiger partial charge in [0.25, 0.3) is 0 Å². The standard InChI is InChI=1S/C15H17ClFN3/c1-4-13-18-14(16)10(2)15(19-13)20(3)9-11-5-7-12(17)8-6-11/h5-8H,4,9H2,1-3H3. The molecule has 2 rings (SSSR count). The van der Waals surface area contributed by atoms with Crippen LogP contribution in [0.15, 0.2) is 24.3 Å². The molecular weight excluding hydrogens is 277 g/mol. The Kier molecular flexibility index (Phi) is 4.55. The van der Waals surface area contributed by atoms with Gasteiger partial charge in [-0.15, -0.1) is 0 Å². The van der Waals surface area contributed by atoms with Gasteiger partial charge in [-0.05, 0) is 24.6 Å². The topological polar surface area (TPSA) is 29.0 Å². The van der Waals surface area contributed by atoms with Crippen LogP contribution in [0, 0.1) is 12.7 Å². The quantitative estimate of drug-likeness (QED) is 0.804. The zero-order chi connectivity index (χ0) is 14.7. The van der Waals surface area contributed by atoms with Crippen LogP contribution in [-0.2, 0) is 13.0 Å². The zero-order valence-corrected chi connectivity index (χ0v) is 12.6. The van der Waals surface area contributed by atoms with Gasteiger partial charge in [-0.3, -0.25) is 0 Å². The van der Waals surface area contributed by atoms with Crippen molar-refractivity contribution >= 4 is 17.4 Å². The van der Waals surface area contributed by atoms with E-state index in [4.69, 9.17) is 11.6 Å². The summed E-state index contributed by atoms with van der Waals surface area (Å²) in [6.07, 6.45) is 0.734. The number of rotatable bonds is 4. The third kappa shape index (κ3) is 3.25. The highest BCUT2D eigenvalue weighted by Crippen LogP contribution is 2.24. The van der Waals surface area contributed by atoms with E-state index in [1.807, 2.05) is 25.8 Å². The third-order valence-corrected chi connectivity index (χ3v) is 3.49. The number of nitrogens with zero attached hydrogens (tertiary/aromatic N) is 3. The second-order valence-corrected chi connectivity index (χ2v) is 5.07. The Labute approximate surface area is 123 Å². The Morgan fingerprint density at radius 2 is 1.85 bits per heavy atom. The van der Waals surface area contributed by atoms with Gasteiger partial charge in [-0.25, -0.2) is 14.4 Å². The van der Waals surface area contributed by atoms with Crippen LogP contribution >= 0.6 is 11.6 Å². The summed E-state index contributed by atoms with van der Waals surface area (Å²) in [5.41, 5.74) is 1.87. The molecule has 0 N–H and O–H groups in total. The van der Waals surface area contributed by atoms with Crippen LogP contribution < -0.4 is 4.90 Å². The summed E-state index contributed by atoms with van der Waals surface area (Å²) in [6, 6.07) is 6.45. The molecule has 3 nitrogen and oxygen atoms in total. The van der Waals surface area contributed by atoms with E-state index in [0.29, 0.717) is 11.7 Å². The normalized spacial score (nSPS) is 10.7. The maximum absolute atomic E-state index is 12.9. The van der Waals surface area contributed by atoms with E-state index in [2.05, 4.69) is 9.97 Å². The molecule has 1 heterocycles. The SMILES string of the molecule is CCc1nc(Cl)c(C)c(N(C)Cc2ccc(F)cc2)n1. The smallest absolute Gasteiger partial charge is 0.137 e. The highest BCUT2D eigenvalue weighted by Gasteiger charge is 2.13. The summed E-state index contributed by atoms with van der Waals surface area (Å²) in [5.74, 6) is 1.30. The van der Waals surface area contributed by atoms with Crippen molar-refractivity contribution in [2.75, 3.05) is 11.9 Å². The predicted octanol–water partition coefficient (Wildman–Crippen LogP) is 3.78. The minimum atomic E-state index is -0.231. The average molecular weight is 294 g/mol. The summed E-state index contributed by atoms with van der Waals surface area (Å²) >= 11 is 6.14. The van der Waals surface area contributed by atoms with E-state index in [0.717, 1.165) is 29.2 Å². The van der Waals surface area contributed by atoms with Gasteiger partial charge in [0, 0.05) is 25.6 Å². The zero-order valence-electron chi connectivity index (χ0n) is 11.8. The van der Waals surface area contributed by atoms with Crippen molar-refractivity contribution in [2.45, 2.75) is 26.8 Å². The minimum Gasteiger partial charge on any atom is -0.355 e. The van der Waals surface area contributed by atoms with Crippen molar-refractivity contribution in [3.05, 3.63) is 52.2 Å². The van der Waals surface area contributed by atoms with Gasteiger partial charge in [-0.1, -0.05) is 30.7 Å². The largest absolute Gasteiger partial charge is 0.355 e. The summed E-state index contributed by atoms with van der Waals surface area (Å²) in [6.45, 7) is 4.53. The number of halogens is 2. The molecule has 2 aromatic rings. The van der Waals surface area contributed by atoms with Crippen molar-refractivity contribution in [3.63, 3.8) is 0 Å². The molecule has 0 bridgehead atoms. The summed E-state index contributed by atoms with van der Waals surface area (Å²) in [5, 5.41) is 0.484. The monoisotopic (exact) mass is 293 g/mol. The van der Waals surface area contributed by atoms with Gasteiger partial charge in [0.05, 0.1) is 0 Å². The van der Waals surface area contributed by atoms with Crippen molar-refractivity contribution in [1.29, 1.82) is 0 Å². The Morgan fingerprint density at radius 3 is 2.45 bits per heavy atom. The van der Waals surface area contributed by atoms with E-state index in [1.54, 1.807) is 12.1 Å². The van der Waals surface area contributed by atoms with Gasteiger partial charge in [0.1, 0.15) is 22.6 Å². The number of benzene rings is 1. The van der Waals surface area contributed by atoms with Crippen LogP contribution in [0.25, 0.3) is 0 Å². The number of aryl methyl sites for hydroxylation is 1. The van der Waals surface area contributed by atoms with Gasteiger partial charge >= 0.3 is 0 Å². The molecule has 0 amide bonds. The molecule has 0 atom stereocenters. The first-order chi connectivity index (χ1) is 9.51. The van der Waals surface area contributed by atoms with E-state index in [-0.39, 0.29) is 5.82 Å². The molecule has 0 saturated carbocycles. The molecule has 0 aliphatic heterocycles. The number of hydrogen-bond donors (Lipinski definition) is 0. The maximum Gasteiger partial charge on any atom is 0.137 e. The Bertz CT molecular complexity index is 599. The van der Waals surface area contributed by atoms with Crippen LogP contribution in [0.1, 0.15) is 23.9 Å². The molecule has 0 aliphatic carbocycles. The summed E-state index contributed by atoms with van der Waals surface area (Å²) in [4.78, 5) is 10.7. The average Bonchev–Trinajstić information content (AvgIpc) is 2.44. The van der Waals surface area contributed by atoms with Crippen molar-refractivity contribution in [2.24, 2.45) is 0 Å². The lowest BCUT2D eigenvalue weighted by atomic mass is 10.2. The van der Waals surface area contributed by atoms with Crippen LogP contribution in [0.2, 0.25) is 5.15 Å². The van der Waals surface area contributed by atoms with E-state index in [9.17, 15) is 4.39 Å². The second kappa shape index (κ2) is 6.18. The molecule has 0 fully saturated rings. The van der Waals surface area contributed by atoms with Crippen molar-refractivity contribution in [3.8, 4) is 0 Å². The van der Waals surface area contributed by atoms with E-state index in [1.165, 1.54) is 12.1 Å². The first-order valence-corrected chi connectivity index (χ1v) is 6.87. The first-order valence-electron chi connectivity index (χ1n) is 6.50. The fourth-order valence-electron chi connectivity index (χ4n) is 1.99. The fraction of sp³-hybridized carbons (Fsp3) is 0.333. The molecule has 1 aromatic heterocycles. The summed E-state index contributed by atoms with van der Waals surface area (Å²) in [7, 11) is 1.94. The fourth-order valence-corrected chi connectivity index (χ4v) is 2.17. The van der Waals surface area contributed by atoms with Gasteiger partial charge in [0.2, 0.25) is 0 Å². The second-order valence-electron chi connectivity index (χ2n) is 4.72. The number of aromatic nitrogens is 2. The lowest BCUT2D eigenvalue weighted by Crippen LogP contribution is -2.20. The molecule has 5 heteroatoms. The van der Waals surface area contributed by atoms with Gasteiger partial charge in [-0.2, -0.15) is 0 Å². The molecule has 0 spiro atoms. The van der Waals surface area contributed by atoms with Gasteiger partial charge in [0.15, 0.2) is 0 Å². The van der Waals surface area contributed by atoms with Crippen LogP contribution in [0.4, 0.5) is 10.2 Å². The molecule has 106 valence electrons. The Morgan fingerprint density at radius 1 is 1.20 bits per heavy atom.